The van der Waals surface area contributed by atoms with E-state index in [4.69, 9.17) is 4.74 Å². The van der Waals surface area contributed by atoms with Crippen molar-refractivity contribution in [2.24, 2.45) is 0 Å². The summed E-state index contributed by atoms with van der Waals surface area (Å²) in [5.41, 5.74) is 2.21. The van der Waals surface area contributed by atoms with Crippen LogP contribution in [0.4, 0.5) is 5.00 Å². The topological polar surface area (TPSA) is 75.7 Å². The molecular formula is C18H20N2O4S. The van der Waals surface area contributed by atoms with Crippen LogP contribution < -0.4 is 5.32 Å². The second-order valence-corrected chi connectivity index (χ2v) is 6.79. The van der Waals surface area contributed by atoms with Gasteiger partial charge in [0.2, 0.25) is 0 Å². The minimum absolute atomic E-state index is 0.207. The van der Waals surface area contributed by atoms with Gasteiger partial charge in [-0.15, -0.1) is 11.3 Å². The van der Waals surface area contributed by atoms with E-state index < -0.39 is 5.97 Å². The van der Waals surface area contributed by atoms with Crippen molar-refractivity contribution in [1.29, 1.82) is 0 Å². The maximum atomic E-state index is 12.5. The van der Waals surface area contributed by atoms with Crippen molar-refractivity contribution in [3.8, 4) is 0 Å². The van der Waals surface area contributed by atoms with E-state index >= 15 is 0 Å². The molecule has 0 aliphatic heterocycles. The number of ether oxygens (including phenoxy) is 1. The van der Waals surface area contributed by atoms with Gasteiger partial charge in [0, 0.05) is 19.7 Å². The minimum atomic E-state index is -0.592. The summed E-state index contributed by atoms with van der Waals surface area (Å²) in [5.74, 6) is -1.18. The summed E-state index contributed by atoms with van der Waals surface area (Å²) in [6.45, 7) is 3.60. The number of anilines is 1. The fourth-order valence-electron chi connectivity index (χ4n) is 2.24. The van der Waals surface area contributed by atoms with Crippen LogP contribution in [-0.4, -0.2) is 43.9 Å². The van der Waals surface area contributed by atoms with E-state index in [1.165, 1.54) is 12.0 Å². The highest BCUT2D eigenvalue weighted by molar-refractivity contribution is 7.18. The van der Waals surface area contributed by atoms with Gasteiger partial charge in [-0.25, -0.2) is 4.79 Å². The van der Waals surface area contributed by atoms with Crippen LogP contribution in [0.25, 0.3) is 0 Å². The van der Waals surface area contributed by atoms with Crippen LogP contribution in [0.3, 0.4) is 0 Å². The first-order valence-corrected chi connectivity index (χ1v) is 8.39. The molecule has 2 amide bonds. The zero-order chi connectivity index (χ0) is 18.7. The number of nitrogens with zero attached hydrogens (tertiary/aromatic N) is 1. The third-order valence-electron chi connectivity index (χ3n) is 3.68. The van der Waals surface area contributed by atoms with Gasteiger partial charge in [-0.2, -0.15) is 0 Å². The van der Waals surface area contributed by atoms with E-state index in [2.05, 4.69) is 5.32 Å². The van der Waals surface area contributed by atoms with Gasteiger partial charge in [0.25, 0.3) is 11.8 Å². The molecule has 132 valence electrons. The number of rotatable bonds is 4. The Balaban J connectivity index is 2.43. The molecule has 0 aliphatic rings. The Morgan fingerprint density at radius 1 is 1.08 bits per heavy atom. The molecule has 0 unspecified atom stereocenters. The van der Waals surface area contributed by atoms with Crippen molar-refractivity contribution in [3.63, 3.8) is 0 Å². The summed E-state index contributed by atoms with van der Waals surface area (Å²) in [4.78, 5) is 38.7. The van der Waals surface area contributed by atoms with Crippen molar-refractivity contribution < 1.29 is 19.1 Å². The number of hydrogen-bond acceptors (Lipinski definition) is 5. The molecule has 1 aromatic carbocycles. The monoisotopic (exact) mass is 360 g/mol. The molecule has 0 aliphatic carbocycles. The zero-order valence-electron chi connectivity index (χ0n) is 14.8. The van der Waals surface area contributed by atoms with Crippen LogP contribution in [0, 0.1) is 13.8 Å². The van der Waals surface area contributed by atoms with Crippen molar-refractivity contribution >= 4 is 34.1 Å². The first-order chi connectivity index (χ1) is 11.8. The van der Waals surface area contributed by atoms with Crippen LogP contribution in [-0.2, 0) is 4.74 Å². The van der Waals surface area contributed by atoms with Gasteiger partial charge in [-0.1, -0.05) is 17.7 Å². The smallest absolute Gasteiger partial charge is 0.341 e. The molecule has 1 heterocycles. The summed E-state index contributed by atoms with van der Waals surface area (Å²) in [6.07, 6.45) is 0. The van der Waals surface area contributed by atoms with Crippen molar-refractivity contribution in [2.45, 2.75) is 13.8 Å². The molecule has 6 nitrogen and oxygen atoms in total. The van der Waals surface area contributed by atoms with Gasteiger partial charge < -0.3 is 15.0 Å². The van der Waals surface area contributed by atoms with E-state index in [1.807, 2.05) is 19.1 Å². The van der Waals surface area contributed by atoms with E-state index in [0.717, 1.165) is 16.9 Å². The molecule has 0 radical (unpaired) electrons. The van der Waals surface area contributed by atoms with E-state index in [0.29, 0.717) is 21.0 Å². The van der Waals surface area contributed by atoms with Gasteiger partial charge in [0.05, 0.1) is 17.6 Å². The van der Waals surface area contributed by atoms with Crippen molar-refractivity contribution in [2.75, 3.05) is 26.5 Å². The van der Waals surface area contributed by atoms with E-state index in [9.17, 15) is 14.4 Å². The number of hydrogen-bond donors (Lipinski definition) is 1. The maximum absolute atomic E-state index is 12.5. The van der Waals surface area contributed by atoms with Gasteiger partial charge in [-0.3, -0.25) is 9.59 Å². The molecule has 0 saturated heterocycles. The number of benzene rings is 1. The zero-order valence-corrected chi connectivity index (χ0v) is 15.6. The lowest BCUT2D eigenvalue weighted by molar-refractivity contribution is 0.0601. The lowest BCUT2D eigenvalue weighted by atomic mass is 10.1. The predicted octanol–water partition coefficient (Wildman–Crippen LogP) is 3.11. The first kappa shape index (κ1) is 18.7. The SMILES string of the molecule is COC(=O)c1c(NC(=O)c2ccc(C)cc2)sc(C(=O)N(C)C)c1C. The number of thiophene rings is 1. The minimum Gasteiger partial charge on any atom is -0.465 e. The molecule has 0 saturated carbocycles. The highest BCUT2D eigenvalue weighted by atomic mass is 32.1. The molecule has 1 N–H and O–H groups in total. The Kier molecular flexibility index (Phi) is 5.58. The Bertz CT molecular complexity index is 822. The first-order valence-electron chi connectivity index (χ1n) is 7.57. The number of aryl methyl sites for hydroxylation is 1. The summed E-state index contributed by atoms with van der Waals surface area (Å²) in [7, 11) is 4.52. The normalized spacial score (nSPS) is 10.3. The Labute approximate surface area is 150 Å². The van der Waals surface area contributed by atoms with Crippen LogP contribution in [0.1, 0.15) is 41.5 Å². The van der Waals surface area contributed by atoms with Gasteiger partial charge in [0.1, 0.15) is 5.00 Å². The Morgan fingerprint density at radius 2 is 1.68 bits per heavy atom. The van der Waals surface area contributed by atoms with E-state index in [-0.39, 0.29) is 17.4 Å². The largest absolute Gasteiger partial charge is 0.465 e. The van der Waals surface area contributed by atoms with Gasteiger partial charge >= 0.3 is 5.97 Å². The van der Waals surface area contributed by atoms with E-state index in [1.54, 1.807) is 33.2 Å². The molecule has 1 aromatic heterocycles. The maximum Gasteiger partial charge on any atom is 0.341 e. The number of amides is 2. The molecule has 0 fully saturated rings. The molecule has 0 atom stereocenters. The lowest BCUT2D eigenvalue weighted by Gasteiger charge is -2.08. The van der Waals surface area contributed by atoms with Gasteiger partial charge in [-0.05, 0) is 31.5 Å². The average Bonchev–Trinajstić information content (AvgIpc) is 2.90. The molecule has 7 heteroatoms. The summed E-state index contributed by atoms with van der Waals surface area (Å²) >= 11 is 1.07. The van der Waals surface area contributed by atoms with Crippen LogP contribution in [0.15, 0.2) is 24.3 Å². The second kappa shape index (κ2) is 7.48. The molecule has 2 rings (SSSR count). The average molecular weight is 360 g/mol. The second-order valence-electron chi connectivity index (χ2n) is 5.77. The van der Waals surface area contributed by atoms with Crippen LogP contribution in [0.5, 0.6) is 0 Å². The molecule has 0 spiro atoms. The Morgan fingerprint density at radius 3 is 2.20 bits per heavy atom. The summed E-state index contributed by atoms with van der Waals surface area (Å²) < 4.78 is 4.81. The van der Waals surface area contributed by atoms with Crippen molar-refractivity contribution in [3.05, 3.63) is 51.4 Å². The molecule has 2 aromatic rings. The highest BCUT2D eigenvalue weighted by Crippen LogP contribution is 2.34. The van der Waals surface area contributed by atoms with Crippen LogP contribution in [0.2, 0.25) is 0 Å². The predicted molar refractivity (Wildman–Crippen MR) is 97.5 cm³/mol. The fraction of sp³-hybridized carbons (Fsp3) is 0.278. The molecule has 25 heavy (non-hydrogen) atoms. The molecule has 0 bridgehead atoms. The number of esters is 1. The van der Waals surface area contributed by atoms with Gasteiger partial charge in [0.15, 0.2) is 0 Å². The highest BCUT2D eigenvalue weighted by Gasteiger charge is 2.27. The lowest BCUT2D eigenvalue weighted by Crippen LogP contribution is -2.21. The van der Waals surface area contributed by atoms with Crippen LogP contribution >= 0.6 is 11.3 Å². The summed E-state index contributed by atoms with van der Waals surface area (Å²) in [6, 6.07) is 7.07. The number of carbonyl (C=O) groups excluding carboxylic acids is 3. The molecular weight excluding hydrogens is 340 g/mol. The standard InChI is InChI=1S/C18H20N2O4S/c1-10-6-8-12(9-7-10)15(21)19-16-13(18(23)24-5)11(2)14(25-16)17(22)20(3)4/h6-9H,1-5H3,(H,19,21). The third kappa shape index (κ3) is 3.88. The fourth-order valence-corrected chi connectivity index (χ4v) is 3.45. The quantitative estimate of drug-likeness (QED) is 0.850. The number of nitrogens with one attached hydrogen (secondary N) is 1. The number of methoxy groups -OCH3 is 1. The summed E-state index contributed by atoms with van der Waals surface area (Å²) in [5, 5.41) is 3.03. The third-order valence-corrected chi connectivity index (χ3v) is 4.87. The number of carbonyl (C=O) groups is 3. The Hall–Kier alpha value is -2.67. The van der Waals surface area contributed by atoms with Crippen molar-refractivity contribution in [1.82, 2.24) is 4.90 Å².